The second kappa shape index (κ2) is 7.60. The van der Waals surface area contributed by atoms with Crippen LogP contribution < -0.4 is 0 Å². The van der Waals surface area contributed by atoms with Crippen molar-refractivity contribution in [1.82, 2.24) is 0 Å². The first kappa shape index (κ1) is 20.7. The van der Waals surface area contributed by atoms with Gasteiger partial charge >= 0.3 is 0 Å². The quantitative estimate of drug-likeness (QED) is 0.527. The van der Waals surface area contributed by atoms with Gasteiger partial charge in [0, 0.05) is 0 Å². The number of rotatable bonds is 5. The maximum Gasteiger partial charge on any atom is 0.0578 e. The van der Waals surface area contributed by atoms with Crippen molar-refractivity contribution in [2.75, 3.05) is 0 Å². The molecule has 0 bridgehead atoms. The highest BCUT2D eigenvalue weighted by Gasteiger charge is 2.56. The van der Waals surface area contributed by atoms with E-state index in [1.54, 1.807) is 11.1 Å². The molecule has 0 aromatic heterocycles. The number of hydrogen-bond acceptors (Lipinski definition) is 1. The van der Waals surface area contributed by atoms with Gasteiger partial charge in [0.1, 0.15) is 0 Å². The summed E-state index contributed by atoms with van der Waals surface area (Å²) < 4.78 is 0. The van der Waals surface area contributed by atoms with E-state index in [4.69, 9.17) is 0 Å². The second-order valence-electron chi connectivity index (χ2n) is 11.8. The van der Waals surface area contributed by atoms with E-state index in [2.05, 4.69) is 46.8 Å². The molecule has 3 saturated carbocycles. The zero-order chi connectivity index (χ0) is 20.1. The van der Waals surface area contributed by atoms with Crippen LogP contribution in [0, 0.1) is 40.4 Å². The van der Waals surface area contributed by atoms with Gasteiger partial charge in [-0.1, -0.05) is 77.2 Å². The summed E-state index contributed by atoms with van der Waals surface area (Å²) in [6.45, 7) is 12.5. The topological polar surface area (TPSA) is 20.2 Å². The molecule has 0 saturated heterocycles. The summed E-state index contributed by atoms with van der Waals surface area (Å²) in [5.41, 5.74) is 4.19. The monoisotopic (exact) mass is 384 g/mol. The van der Waals surface area contributed by atoms with Crippen molar-refractivity contribution in [2.45, 2.75) is 105 Å². The van der Waals surface area contributed by atoms with E-state index < -0.39 is 0 Å². The molecule has 0 amide bonds. The van der Waals surface area contributed by atoms with E-state index in [1.165, 1.54) is 51.4 Å². The van der Waals surface area contributed by atoms with Gasteiger partial charge in [0.25, 0.3) is 0 Å². The molecule has 1 N–H and O–H groups in total. The first-order valence-corrected chi connectivity index (χ1v) is 12.3. The summed E-state index contributed by atoms with van der Waals surface area (Å²) in [6, 6.07) is 0. The van der Waals surface area contributed by atoms with Crippen LogP contribution >= 0.6 is 0 Å². The molecule has 158 valence electrons. The van der Waals surface area contributed by atoms with Crippen molar-refractivity contribution in [3.05, 3.63) is 23.3 Å². The molecule has 4 rings (SSSR count). The molecular formula is C27H44O. The third-order valence-electron chi connectivity index (χ3n) is 9.75. The lowest BCUT2D eigenvalue weighted by Gasteiger charge is -2.55. The fourth-order valence-corrected chi connectivity index (χ4v) is 8.01. The molecule has 7 atom stereocenters. The van der Waals surface area contributed by atoms with Crippen LogP contribution in [-0.4, -0.2) is 11.2 Å². The summed E-state index contributed by atoms with van der Waals surface area (Å²) in [6.07, 6.45) is 17.8. The number of fused-ring (bicyclic) bond motifs is 5. The molecule has 0 unspecified atom stereocenters. The van der Waals surface area contributed by atoms with E-state index in [-0.39, 0.29) is 6.10 Å². The number of allylic oxidation sites excluding steroid dienone is 3. The van der Waals surface area contributed by atoms with Crippen LogP contribution in [0.1, 0.15) is 98.8 Å². The minimum atomic E-state index is -0.106. The lowest BCUT2D eigenvalue weighted by atomic mass is 9.50. The molecule has 0 aromatic carbocycles. The second-order valence-corrected chi connectivity index (χ2v) is 11.8. The number of aliphatic hydroxyl groups is 1. The maximum atomic E-state index is 10.2. The van der Waals surface area contributed by atoms with E-state index in [0.717, 1.165) is 42.4 Å². The summed E-state index contributed by atoms with van der Waals surface area (Å²) in [5, 5.41) is 10.2. The molecule has 4 aliphatic rings. The van der Waals surface area contributed by atoms with Crippen molar-refractivity contribution < 1.29 is 5.11 Å². The Balaban J connectivity index is 1.53. The highest BCUT2D eigenvalue weighted by Crippen LogP contribution is 2.66. The van der Waals surface area contributed by atoms with Gasteiger partial charge in [-0.3, -0.25) is 0 Å². The fourth-order valence-electron chi connectivity index (χ4n) is 8.01. The first-order chi connectivity index (χ1) is 13.3. The Hall–Kier alpha value is -0.560. The Labute approximate surface area is 174 Å². The Morgan fingerprint density at radius 3 is 2.50 bits per heavy atom. The molecule has 1 heteroatoms. The molecule has 1 nitrogen and oxygen atoms in total. The van der Waals surface area contributed by atoms with Crippen molar-refractivity contribution in [1.29, 1.82) is 0 Å². The molecule has 0 aliphatic heterocycles. The molecule has 4 aliphatic carbocycles. The maximum absolute atomic E-state index is 10.2. The van der Waals surface area contributed by atoms with Gasteiger partial charge < -0.3 is 5.11 Å². The molecule has 0 aromatic rings. The predicted molar refractivity (Wildman–Crippen MR) is 119 cm³/mol. The minimum Gasteiger partial charge on any atom is -0.393 e. The number of hydrogen-bond donors (Lipinski definition) is 1. The molecule has 0 radical (unpaired) electrons. The van der Waals surface area contributed by atoms with Crippen LogP contribution in [-0.2, 0) is 0 Å². The highest BCUT2D eigenvalue weighted by molar-refractivity contribution is 5.38. The average molecular weight is 385 g/mol. The molecular weight excluding hydrogens is 340 g/mol. The largest absolute Gasteiger partial charge is 0.393 e. The Kier molecular flexibility index (Phi) is 5.62. The third-order valence-corrected chi connectivity index (χ3v) is 9.75. The lowest BCUT2D eigenvalue weighted by molar-refractivity contribution is 0.0323. The molecule has 0 spiro atoms. The van der Waals surface area contributed by atoms with Crippen molar-refractivity contribution in [2.24, 2.45) is 40.4 Å². The van der Waals surface area contributed by atoms with Crippen LogP contribution in [0.15, 0.2) is 23.3 Å². The first-order valence-electron chi connectivity index (χ1n) is 12.3. The van der Waals surface area contributed by atoms with Gasteiger partial charge in [-0.25, -0.2) is 0 Å². The van der Waals surface area contributed by atoms with E-state index in [9.17, 15) is 5.11 Å². The highest BCUT2D eigenvalue weighted by atomic mass is 16.3. The van der Waals surface area contributed by atoms with Gasteiger partial charge in [-0.2, -0.15) is 0 Å². The van der Waals surface area contributed by atoms with E-state index in [0.29, 0.717) is 10.8 Å². The van der Waals surface area contributed by atoms with Crippen LogP contribution in [0.2, 0.25) is 0 Å². The van der Waals surface area contributed by atoms with Gasteiger partial charge in [0.15, 0.2) is 0 Å². The van der Waals surface area contributed by atoms with Gasteiger partial charge in [0.2, 0.25) is 0 Å². The average Bonchev–Trinajstić information content (AvgIpc) is 2.99. The summed E-state index contributed by atoms with van der Waals surface area (Å²) in [4.78, 5) is 0. The number of aliphatic hydroxyl groups excluding tert-OH is 1. The molecule has 3 fully saturated rings. The predicted octanol–water partition coefficient (Wildman–Crippen LogP) is 7.31. The Morgan fingerprint density at radius 2 is 1.75 bits per heavy atom. The van der Waals surface area contributed by atoms with Crippen LogP contribution in [0.5, 0.6) is 0 Å². The molecule has 28 heavy (non-hydrogen) atoms. The lowest BCUT2D eigenvalue weighted by Crippen LogP contribution is -2.46. The molecule has 0 heterocycles. The van der Waals surface area contributed by atoms with Gasteiger partial charge in [0.05, 0.1) is 6.10 Å². The zero-order valence-corrected chi connectivity index (χ0v) is 19.1. The fraction of sp³-hybridized carbons (Fsp3) is 0.852. The minimum absolute atomic E-state index is 0.106. The standard InChI is InChI=1S/C27H44O/c1-18(2)7-6-8-19(3)23-11-12-24-22-10-9-20-17-21(28)13-15-26(20,4)25(22)14-16-27(23,24)5/h9-10,18-19,21,23-25,28H,6-8,11-17H2,1-5H3/t19-,21+,23-,24+,25-,26-,27-/m1/s1. The van der Waals surface area contributed by atoms with Crippen molar-refractivity contribution in [3.8, 4) is 0 Å². The smallest absolute Gasteiger partial charge is 0.0578 e. The van der Waals surface area contributed by atoms with Crippen LogP contribution in [0.3, 0.4) is 0 Å². The zero-order valence-electron chi connectivity index (χ0n) is 19.1. The normalized spacial score (nSPS) is 43.7. The van der Waals surface area contributed by atoms with Crippen LogP contribution in [0.4, 0.5) is 0 Å². The summed E-state index contributed by atoms with van der Waals surface area (Å²) in [5.74, 6) is 4.19. The Bertz CT molecular complexity index is 643. The van der Waals surface area contributed by atoms with Gasteiger partial charge in [-0.05, 0) is 85.4 Å². The SMILES string of the molecule is CC(C)CCC[C@@H](C)[C@H]1CC[C@H]2C3=CC=C4C[C@@H](O)CC[C@@]4(C)[C@@H]3CC[C@]12C. The Morgan fingerprint density at radius 1 is 0.964 bits per heavy atom. The van der Waals surface area contributed by atoms with E-state index in [1.807, 2.05) is 0 Å². The van der Waals surface area contributed by atoms with Crippen molar-refractivity contribution in [3.63, 3.8) is 0 Å². The summed E-state index contributed by atoms with van der Waals surface area (Å²) >= 11 is 0. The van der Waals surface area contributed by atoms with E-state index >= 15 is 0 Å². The summed E-state index contributed by atoms with van der Waals surface area (Å²) in [7, 11) is 0. The van der Waals surface area contributed by atoms with Crippen LogP contribution in [0.25, 0.3) is 0 Å². The van der Waals surface area contributed by atoms with Gasteiger partial charge in [-0.15, -0.1) is 0 Å². The van der Waals surface area contributed by atoms with Crippen molar-refractivity contribution >= 4 is 0 Å². The third kappa shape index (κ3) is 3.34.